The molecule has 0 saturated heterocycles. The first kappa shape index (κ1) is 14.5. The van der Waals surface area contributed by atoms with Gasteiger partial charge in [0, 0.05) is 10.9 Å². The van der Waals surface area contributed by atoms with Crippen molar-refractivity contribution >= 4 is 22.7 Å². The number of rotatable bonds is 4. The fourth-order valence-electron chi connectivity index (χ4n) is 2.16. The van der Waals surface area contributed by atoms with Crippen LogP contribution in [0.4, 0.5) is 11.4 Å². The third-order valence-corrected chi connectivity index (χ3v) is 4.31. The van der Waals surface area contributed by atoms with E-state index in [0.717, 1.165) is 21.1 Å². The zero-order chi connectivity index (χ0) is 14.9. The lowest BCUT2D eigenvalue weighted by molar-refractivity contribution is -0.384. The summed E-state index contributed by atoms with van der Waals surface area (Å²) in [7, 11) is 0. The van der Waals surface area contributed by atoms with Crippen LogP contribution in [0.3, 0.4) is 0 Å². The number of thiazole rings is 1. The van der Waals surface area contributed by atoms with Crippen LogP contribution in [0.5, 0.6) is 0 Å². The number of anilines is 1. The first-order valence-electron chi connectivity index (χ1n) is 6.34. The number of nitrogens with one attached hydrogen (secondary N) is 1. The normalized spacial score (nSPS) is 12.2. The Morgan fingerprint density at radius 2 is 2.05 bits per heavy atom. The Balaban J connectivity index is 2.30. The molecule has 0 bridgehead atoms. The van der Waals surface area contributed by atoms with Gasteiger partial charge in [-0.2, -0.15) is 0 Å². The lowest BCUT2D eigenvalue weighted by Gasteiger charge is -2.14. The molecule has 1 aromatic heterocycles. The van der Waals surface area contributed by atoms with E-state index in [0.29, 0.717) is 5.69 Å². The van der Waals surface area contributed by atoms with Gasteiger partial charge in [-0.25, -0.2) is 4.98 Å². The first-order valence-corrected chi connectivity index (χ1v) is 7.15. The van der Waals surface area contributed by atoms with Crippen molar-refractivity contribution in [2.24, 2.45) is 0 Å². The second kappa shape index (κ2) is 5.58. The summed E-state index contributed by atoms with van der Waals surface area (Å²) in [6.07, 6.45) is 0. The van der Waals surface area contributed by atoms with Crippen LogP contribution in [0.25, 0.3) is 0 Å². The van der Waals surface area contributed by atoms with E-state index in [9.17, 15) is 10.1 Å². The number of nitrogens with zero attached hydrogens (tertiary/aromatic N) is 2. The minimum absolute atomic E-state index is 0.0115. The van der Waals surface area contributed by atoms with Gasteiger partial charge in [0.25, 0.3) is 5.69 Å². The fourth-order valence-corrected chi connectivity index (χ4v) is 3.09. The van der Waals surface area contributed by atoms with Gasteiger partial charge in [-0.05, 0) is 39.3 Å². The number of nitro groups is 1. The van der Waals surface area contributed by atoms with E-state index in [1.165, 1.54) is 0 Å². The number of hydrogen-bond donors (Lipinski definition) is 1. The molecule has 2 aromatic rings. The van der Waals surface area contributed by atoms with Gasteiger partial charge in [-0.3, -0.25) is 10.1 Å². The van der Waals surface area contributed by atoms with Crippen LogP contribution in [0.15, 0.2) is 18.2 Å². The van der Waals surface area contributed by atoms with Crippen LogP contribution >= 0.6 is 11.3 Å². The number of hydrogen-bond acceptors (Lipinski definition) is 5. The Morgan fingerprint density at radius 3 is 2.60 bits per heavy atom. The minimum Gasteiger partial charge on any atom is -0.372 e. The van der Waals surface area contributed by atoms with Crippen molar-refractivity contribution in [1.82, 2.24) is 4.98 Å². The van der Waals surface area contributed by atoms with Gasteiger partial charge < -0.3 is 5.32 Å². The maximum absolute atomic E-state index is 11.1. The van der Waals surface area contributed by atoms with Gasteiger partial charge in [-0.15, -0.1) is 11.3 Å². The van der Waals surface area contributed by atoms with Crippen molar-refractivity contribution in [3.05, 3.63) is 49.5 Å². The molecule has 0 saturated carbocycles. The second-order valence-corrected chi connectivity index (χ2v) is 6.06. The molecule has 1 N–H and O–H groups in total. The molecule has 106 valence electrons. The topological polar surface area (TPSA) is 68.1 Å². The summed E-state index contributed by atoms with van der Waals surface area (Å²) < 4.78 is 0. The highest BCUT2D eigenvalue weighted by Gasteiger charge is 2.18. The first-order chi connectivity index (χ1) is 9.38. The molecule has 0 aliphatic heterocycles. The van der Waals surface area contributed by atoms with E-state index in [4.69, 9.17) is 0 Å². The zero-order valence-electron chi connectivity index (χ0n) is 11.9. The average molecular weight is 291 g/mol. The summed E-state index contributed by atoms with van der Waals surface area (Å²) in [6.45, 7) is 7.75. The van der Waals surface area contributed by atoms with E-state index in [2.05, 4.69) is 10.3 Å². The van der Waals surface area contributed by atoms with Gasteiger partial charge in [0.15, 0.2) is 0 Å². The van der Waals surface area contributed by atoms with E-state index >= 15 is 0 Å². The Hall–Kier alpha value is -1.95. The fraction of sp³-hybridized carbons (Fsp3) is 0.357. The Bertz CT molecular complexity index is 652. The van der Waals surface area contributed by atoms with Crippen LogP contribution in [0.2, 0.25) is 0 Å². The molecular formula is C14H17N3O2S. The van der Waals surface area contributed by atoms with Crippen LogP contribution in [-0.2, 0) is 0 Å². The van der Waals surface area contributed by atoms with Crippen LogP contribution in [0, 0.1) is 30.9 Å². The zero-order valence-corrected chi connectivity index (χ0v) is 12.7. The van der Waals surface area contributed by atoms with Gasteiger partial charge in [0.1, 0.15) is 5.69 Å². The standard InChI is InChI=1S/C14H17N3O2S/c1-8-5-6-12(13(7-8)17(18)19)16-10(3)14-9(2)15-11(4)20-14/h5-7,10,16H,1-4H3. The lowest BCUT2D eigenvalue weighted by atomic mass is 10.1. The molecule has 1 aromatic carbocycles. The summed E-state index contributed by atoms with van der Waals surface area (Å²) in [4.78, 5) is 16.3. The Labute approximate surface area is 121 Å². The molecule has 0 amide bonds. The summed E-state index contributed by atoms with van der Waals surface area (Å²) in [6, 6.07) is 5.20. The predicted octanol–water partition coefficient (Wildman–Crippen LogP) is 4.15. The van der Waals surface area contributed by atoms with Gasteiger partial charge in [0.2, 0.25) is 0 Å². The third-order valence-electron chi connectivity index (χ3n) is 3.05. The van der Waals surface area contributed by atoms with E-state index in [1.54, 1.807) is 23.5 Å². The maximum Gasteiger partial charge on any atom is 0.292 e. The van der Waals surface area contributed by atoms with Gasteiger partial charge in [0.05, 0.1) is 21.7 Å². The molecule has 0 aliphatic carbocycles. The van der Waals surface area contributed by atoms with Crippen LogP contribution < -0.4 is 5.32 Å². The molecule has 0 radical (unpaired) electrons. The van der Waals surface area contributed by atoms with E-state index in [-0.39, 0.29) is 16.7 Å². The molecule has 20 heavy (non-hydrogen) atoms. The van der Waals surface area contributed by atoms with Crippen molar-refractivity contribution < 1.29 is 4.92 Å². The van der Waals surface area contributed by atoms with Crippen LogP contribution in [-0.4, -0.2) is 9.91 Å². The molecule has 1 unspecified atom stereocenters. The molecule has 6 heteroatoms. The van der Waals surface area contributed by atoms with E-state index in [1.807, 2.05) is 33.8 Å². The molecule has 0 spiro atoms. The number of aromatic nitrogens is 1. The molecule has 2 rings (SSSR count). The molecular weight excluding hydrogens is 274 g/mol. The van der Waals surface area contributed by atoms with Crippen molar-refractivity contribution in [2.75, 3.05) is 5.32 Å². The Kier molecular flexibility index (Phi) is 4.04. The minimum atomic E-state index is -0.354. The second-order valence-electron chi connectivity index (χ2n) is 4.83. The highest BCUT2D eigenvalue weighted by molar-refractivity contribution is 7.11. The summed E-state index contributed by atoms with van der Waals surface area (Å²) in [5, 5.41) is 15.3. The quantitative estimate of drug-likeness (QED) is 0.678. The average Bonchev–Trinajstić information content (AvgIpc) is 2.70. The smallest absolute Gasteiger partial charge is 0.292 e. The molecule has 1 heterocycles. The van der Waals surface area contributed by atoms with Crippen molar-refractivity contribution in [1.29, 1.82) is 0 Å². The molecule has 5 nitrogen and oxygen atoms in total. The van der Waals surface area contributed by atoms with Gasteiger partial charge in [-0.1, -0.05) is 6.07 Å². The SMILES string of the molecule is Cc1ccc(NC(C)c2sc(C)nc2C)c([N+](=O)[O-])c1. The summed E-state index contributed by atoms with van der Waals surface area (Å²) >= 11 is 1.62. The number of benzene rings is 1. The lowest BCUT2D eigenvalue weighted by Crippen LogP contribution is -2.08. The predicted molar refractivity (Wildman–Crippen MR) is 81.5 cm³/mol. The van der Waals surface area contributed by atoms with Crippen molar-refractivity contribution in [3.8, 4) is 0 Å². The van der Waals surface area contributed by atoms with Crippen LogP contribution in [0.1, 0.15) is 34.1 Å². The number of nitro benzene ring substituents is 1. The highest BCUT2D eigenvalue weighted by atomic mass is 32.1. The molecule has 0 fully saturated rings. The largest absolute Gasteiger partial charge is 0.372 e. The van der Waals surface area contributed by atoms with Gasteiger partial charge >= 0.3 is 0 Å². The third kappa shape index (κ3) is 2.96. The number of aryl methyl sites for hydroxylation is 3. The maximum atomic E-state index is 11.1. The monoisotopic (exact) mass is 291 g/mol. The van der Waals surface area contributed by atoms with Crippen molar-refractivity contribution in [2.45, 2.75) is 33.7 Å². The molecule has 0 aliphatic rings. The Morgan fingerprint density at radius 1 is 1.35 bits per heavy atom. The highest BCUT2D eigenvalue weighted by Crippen LogP contribution is 2.32. The molecule has 1 atom stereocenters. The summed E-state index contributed by atoms with van der Waals surface area (Å²) in [5.74, 6) is 0. The van der Waals surface area contributed by atoms with E-state index < -0.39 is 0 Å². The van der Waals surface area contributed by atoms with Crippen molar-refractivity contribution in [3.63, 3.8) is 0 Å². The summed E-state index contributed by atoms with van der Waals surface area (Å²) in [5.41, 5.74) is 2.50.